The van der Waals surface area contributed by atoms with E-state index in [0.29, 0.717) is 24.0 Å². The first-order chi connectivity index (χ1) is 12.3. The standard InChI is InChI=1S/C22H41NO3/c1-16(15-18(3)19(4)24)9-10-20-7-5-12-22(25-20)13-11-17(2)21(26-22)8-6-14-23/h15-17,19-21,24H,5-14,23H2,1-4H3/b18-15+/t16-,17-,19+,20-,21+,22-/m0/s1. The number of nitrogens with two attached hydrogens (primary N) is 1. The number of aliphatic hydroxyl groups excluding tert-OH is 1. The van der Waals surface area contributed by atoms with Gasteiger partial charge in [-0.1, -0.05) is 19.9 Å². The van der Waals surface area contributed by atoms with E-state index in [9.17, 15) is 5.11 Å². The molecule has 4 heteroatoms. The van der Waals surface area contributed by atoms with Crippen LogP contribution >= 0.6 is 0 Å². The zero-order valence-electron chi connectivity index (χ0n) is 17.4. The molecule has 2 rings (SSSR count). The van der Waals surface area contributed by atoms with Crippen LogP contribution in [0, 0.1) is 11.8 Å². The lowest BCUT2D eigenvalue weighted by atomic mass is 9.85. The number of hydrogen-bond acceptors (Lipinski definition) is 4. The van der Waals surface area contributed by atoms with Crippen molar-refractivity contribution in [2.24, 2.45) is 17.6 Å². The Morgan fingerprint density at radius 1 is 1.23 bits per heavy atom. The molecule has 0 amide bonds. The maximum Gasteiger partial charge on any atom is 0.169 e. The Balaban J connectivity index is 1.87. The fraction of sp³-hybridized carbons (Fsp3) is 0.909. The van der Waals surface area contributed by atoms with Gasteiger partial charge in [0.15, 0.2) is 5.79 Å². The van der Waals surface area contributed by atoms with E-state index in [2.05, 4.69) is 19.9 Å². The van der Waals surface area contributed by atoms with E-state index in [0.717, 1.165) is 57.1 Å². The van der Waals surface area contributed by atoms with Crippen molar-refractivity contribution >= 4 is 0 Å². The summed E-state index contributed by atoms with van der Waals surface area (Å²) in [6.07, 6.45) is 12.3. The molecule has 0 aromatic carbocycles. The lowest BCUT2D eigenvalue weighted by Gasteiger charge is -2.48. The van der Waals surface area contributed by atoms with Crippen LogP contribution in [0.25, 0.3) is 0 Å². The number of allylic oxidation sites excluding steroid dienone is 1. The minimum atomic E-state index is -0.352. The minimum Gasteiger partial charge on any atom is -0.389 e. The smallest absolute Gasteiger partial charge is 0.169 e. The summed E-state index contributed by atoms with van der Waals surface area (Å²) in [5.41, 5.74) is 6.76. The molecule has 0 aromatic heterocycles. The first-order valence-electron chi connectivity index (χ1n) is 10.8. The first-order valence-corrected chi connectivity index (χ1v) is 10.8. The molecule has 6 atom stereocenters. The van der Waals surface area contributed by atoms with Gasteiger partial charge in [0, 0.05) is 12.8 Å². The second-order valence-electron chi connectivity index (χ2n) is 8.79. The van der Waals surface area contributed by atoms with E-state index in [4.69, 9.17) is 15.2 Å². The summed E-state index contributed by atoms with van der Waals surface area (Å²) >= 11 is 0. The van der Waals surface area contributed by atoms with Crippen LogP contribution in [0.4, 0.5) is 0 Å². The Kier molecular flexibility index (Phi) is 8.59. The minimum absolute atomic E-state index is 0.293. The van der Waals surface area contributed by atoms with Gasteiger partial charge in [-0.25, -0.2) is 0 Å². The Labute approximate surface area is 160 Å². The van der Waals surface area contributed by atoms with Crippen molar-refractivity contribution in [3.8, 4) is 0 Å². The Bertz CT molecular complexity index is 451. The van der Waals surface area contributed by atoms with Crippen molar-refractivity contribution in [1.29, 1.82) is 0 Å². The Morgan fingerprint density at radius 2 is 2.00 bits per heavy atom. The average Bonchev–Trinajstić information content (AvgIpc) is 2.61. The van der Waals surface area contributed by atoms with Gasteiger partial charge in [0.25, 0.3) is 0 Å². The molecule has 152 valence electrons. The lowest BCUT2D eigenvalue weighted by molar-refractivity contribution is -0.324. The average molecular weight is 368 g/mol. The normalized spacial score (nSPS) is 35.5. The van der Waals surface area contributed by atoms with E-state index in [1.54, 1.807) is 0 Å². The molecule has 26 heavy (non-hydrogen) atoms. The number of aliphatic hydroxyl groups is 1. The third-order valence-electron chi connectivity index (χ3n) is 6.29. The molecule has 0 aromatic rings. The molecule has 2 heterocycles. The molecule has 2 saturated heterocycles. The lowest BCUT2D eigenvalue weighted by Crippen LogP contribution is -2.50. The second kappa shape index (κ2) is 10.2. The fourth-order valence-electron chi connectivity index (χ4n) is 4.36. The van der Waals surface area contributed by atoms with Gasteiger partial charge in [0.1, 0.15) is 0 Å². The Morgan fingerprint density at radius 3 is 2.69 bits per heavy atom. The van der Waals surface area contributed by atoms with E-state index >= 15 is 0 Å². The predicted molar refractivity (Wildman–Crippen MR) is 107 cm³/mol. The molecular weight excluding hydrogens is 326 g/mol. The highest BCUT2D eigenvalue weighted by Gasteiger charge is 2.44. The van der Waals surface area contributed by atoms with Crippen LogP contribution in [0.1, 0.15) is 85.5 Å². The summed E-state index contributed by atoms with van der Waals surface area (Å²) in [7, 11) is 0. The number of rotatable bonds is 8. The van der Waals surface area contributed by atoms with Crippen LogP contribution in [0.5, 0.6) is 0 Å². The highest BCUT2D eigenvalue weighted by Crippen LogP contribution is 2.42. The van der Waals surface area contributed by atoms with Gasteiger partial charge in [-0.15, -0.1) is 0 Å². The van der Waals surface area contributed by atoms with Crippen LogP contribution in [0.15, 0.2) is 11.6 Å². The third kappa shape index (κ3) is 6.33. The highest BCUT2D eigenvalue weighted by molar-refractivity contribution is 5.04. The molecule has 3 N–H and O–H groups in total. The van der Waals surface area contributed by atoms with Gasteiger partial charge < -0.3 is 20.3 Å². The summed E-state index contributed by atoms with van der Waals surface area (Å²) in [5, 5.41) is 9.64. The molecule has 4 nitrogen and oxygen atoms in total. The molecule has 2 aliphatic rings. The van der Waals surface area contributed by atoms with Crippen molar-refractivity contribution in [1.82, 2.24) is 0 Å². The van der Waals surface area contributed by atoms with Crippen LogP contribution in [-0.2, 0) is 9.47 Å². The van der Waals surface area contributed by atoms with Gasteiger partial charge in [0.2, 0.25) is 0 Å². The van der Waals surface area contributed by atoms with E-state index in [-0.39, 0.29) is 11.9 Å². The first kappa shape index (κ1) is 21.9. The van der Waals surface area contributed by atoms with Gasteiger partial charge >= 0.3 is 0 Å². The fourth-order valence-corrected chi connectivity index (χ4v) is 4.36. The topological polar surface area (TPSA) is 64.7 Å². The van der Waals surface area contributed by atoms with Crippen molar-refractivity contribution in [2.45, 2.75) is 110 Å². The molecule has 2 aliphatic heterocycles. The van der Waals surface area contributed by atoms with Crippen molar-refractivity contribution < 1.29 is 14.6 Å². The van der Waals surface area contributed by atoms with Crippen molar-refractivity contribution in [3.63, 3.8) is 0 Å². The SMILES string of the molecule is C/C(=C\[C@@H](C)CC[C@@H]1CCC[C@]2(CC[C@H](C)[C@@H](CCCN)O2)O1)[C@@H](C)O. The van der Waals surface area contributed by atoms with E-state index in [1.165, 1.54) is 12.8 Å². The van der Waals surface area contributed by atoms with Gasteiger partial charge in [-0.3, -0.25) is 0 Å². The van der Waals surface area contributed by atoms with E-state index in [1.807, 2.05) is 13.8 Å². The van der Waals surface area contributed by atoms with Crippen molar-refractivity contribution in [3.05, 3.63) is 11.6 Å². The third-order valence-corrected chi connectivity index (χ3v) is 6.29. The molecule has 0 aliphatic carbocycles. The zero-order valence-corrected chi connectivity index (χ0v) is 17.4. The molecule has 0 unspecified atom stereocenters. The molecular formula is C22H41NO3. The summed E-state index contributed by atoms with van der Waals surface area (Å²) in [6.45, 7) is 9.10. The number of ether oxygens (including phenoxy) is 2. The molecule has 1 spiro atoms. The van der Waals surface area contributed by atoms with Crippen LogP contribution in [0.3, 0.4) is 0 Å². The highest BCUT2D eigenvalue weighted by atomic mass is 16.7. The Hall–Kier alpha value is -0.420. The molecule has 2 fully saturated rings. The summed E-state index contributed by atoms with van der Waals surface area (Å²) < 4.78 is 13.1. The second-order valence-corrected chi connectivity index (χ2v) is 8.79. The van der Waals surface area contributed by atoms with Crippen LogP contribution < -0.4 is 5.73 Å². The van der Waals surface area contributed by atoms with Gasteiger partial charge in [0.05, 0.1) is 18.3 Å². The zero-order chi connectivity index (χ0) is 19.2. The molecule has 0 bridgehead atoms. The monoisotopic (exact) mass is 367 g/mol. The van der Waals surface area contributed by atoms with Gasteiger partial charge in [-0.05, 0) is 82.7 Å². The summed E-state index contributed by atoms with van der Waals surface area (Å²) in [5.74, 6) is 0.726. The molecule has 0 saturated carbocycles. The maximum atomic E-state index is 9.64. The van der Waals surface area contributed by atoms with Gasteiger partial charge in [-0.2, -0.15) is 0 Å². The largest absolute Gasteiger partial charge is 0.389 e. The maximum absolute atomic E-state index is 9.64. The quantitative estimate of drug-likeness (QED) is 0.618. The van der Waals surface area contributed by atoms with Crippen LogP contribution in [0.2, 0.25) is 0 Å². The summed E-state index contributed by atoms with van der Waals surface area (Å²) in [4.78, 5) is 0. The van der Waals surface area contributed by atoms with Crippen LogP contribution in [-0.4, -0.2) is 35.8 Å². The number of hydrogen-bond donors (Lipinski definition) is 2. The van der Waals surface area contributed by atoms with Crippen molar-refractivity contribution in [2.75, 3.05) is 6.54 Å². The predicted octanol–water partition coefficient (Wildman–Crippen LogP) is 4.55. The molecule has 0 radical (unpaired) electrons. The summed E-state index contributed by atoms with van der Waals surface area (Å²) in [6, 6.07) is 0. The van der Waals surface area contributed by atoms with E-state index < -0.39 is 0 Å².